The number of hydrogen-bond donors (Lipinski definition) is 1. The minimum atomic E-state index is 0.838. The molecule has 0 spiro atoms. The lowest BCUT2D eigenvalue weighted by atomic mass is 9.94. The Kier molecular flexibility index (Phi) is 9.99. The first-order valence-electron chi connectivity index (χ1n) is 6.55. The lowest BCUT2D eigenvalue weighted by Crippen LogP contribution is -2.17. The highest BCUT2D eigenvalue weighted by Gasteiger charge is 2.08. The van der Waals surface area contributed by atoms with E-state index in [9.17, 15) is 0 Å². The van der Waals surface area contributed by atoms with Gasteiger partial charge in [-0.3, -0.25) is 0 Å². The van der Waals surface area contributed by atoms with Crippen molar-refractivity contribution in [3.63, 3.8) is 0 Å². The third-order valence-electron chi connectivity index (χ3n) is 3.01. The van der Waals surface area contributed by atoms with E-state index in [4.69, 9.17) is 5.73 Å². The van der Waals surface area contributed by atoms with Crippen LogP contribution < -0.4 is 5.73 Å². The number of nitrogens with two attached hydrogens (primary N) is 1. The molecule has 0 fully saturated rings. The van der Waals surface area contributed by atoms with Crippen LogP contribution in [0.2, 0.25) is 0 Å². The fourth-order valence-corrected chi connectivity index (χ4v) is 2.06. The van der Waals surface area contributed by atoms with Gasteiger partial charge in [0.05, 0.1) is 0 Å². The summed E-state index contributed by atoms with van der Waals surface area (Å²) in [6, 6.07) is 0. The zero-order chi connectivity index (χ0) is 12.4. The van der Waals surface area contributed by atoms with E-state index in [1.165, 1.54) is 45.2 Å². The molecule has 0 rings (SSSR count). The predicted octanol–water partition coefficient (Wildman–Crippen LogP) is 1.64. The molecule has 3 nitrogen and oxygen atoms in total. The zero-order valence-corrected chi connectivity index (χ0v) is 11.7. The highest BCUT2D eigenvalue weighted by molar-refractivity contribution is 4.62. The summed E-state index contributed by atoms with van der Waals surface area (Å²) in [4.78, 5) is 4.53. The van der Waals surface area contributed by atoms with Crippen molar-refractivity contribution >= 4 is 0 Å². The third-order valence-corrected chi connectivity index (χ3v) is 3.01. The largest absolute Gasteiger partial charge is 0.330 e. The molecule has 0 aliphatic carbocycles. The standard InChI is InChI=1S/C13H31N3/c1-15(2)11-5-7-13(9-10-14)8-6-12-16(3)4/h13H,5-12,14H2,1-4H3. The molecule has 98 valence electrons. The van der Waals surface area contributed by atoms with E-state index in [0.29, 0.717) is 0 Å². The highest BCUT2D eigenvalue weighted by atomic mass is 15.0. The summed E-state index contributed by atoms with van der Waals surface area (Å²) >= 11 is 0. The molecule has 0 unspecified atom stereocenters. The molecule has 0 aromatic rings. The minimum absolute atomic E-state index is 0.838. The van der Waals surface area contributed by atoms with Crippen molar-refractivity contribution in [3.8, 4) is 0 Å². The zero-order valence-electron chi connectivity index (χ0n) is 11.7. The first-order valence-corrected chi connectivity index (χ1v) is 6.55. The maximum atomic E-state index is 5.67. The van der Waals surface area contributed by atoms with Crippen LogP contribution in [0, 0.1) is 5.92 Å². The van der Waals surface area contributed by atoms with E-state index in [1.807, 2.05) is 0 Å². The Hall–Kier alpha value is -0.120. The lowest BCUT2D eigenvalue weighted by Gasteiger charge is -2.18. The quantitative estimate of drug-likeness (QED) is 0.618. The van der Waals surface area contributed by atoms with Crippen molar-refractivity contribution in [1.29, 1.82) is 0 Å². The van der Waals surface area contributed by atoms with Crippen LogP contribution in [-0.4, -0.2) is 57.6 Å². The van der Waals surface area contributed by atoms with Gasteiger partial charge in [-0.15, -0.1) is 0 Å². The van der Waals surface area contributed by atoms with E-state index in [0.717, 1.165) is 12.5 Å². The maximum absolute atomic E-state index is 5.67. The molecule has 0 radical (unpaired) electrons. The van der Waals surface area contributed by atoms with Gasteiger partial charge in [-0.2, -0.15) is 0 Å². The second-order valence-electron chi connectivity index (χ2n) is 5.33. The van der Waals surface area contributed by atoms with Crippen LogP contribution in [0.1, 0.15) is 32.1 Å². The van der Waals surface area contributed by atoms with Crippen LogP contribution in [0.25, 0.3) is 0 Å². The smallest absolute Gasteiger partial charge is 0.00247 e. The lowest BCUT2D eigenvalue weighted by molar-refractivity contribution is 0.323. The highest BCUT2D eigenvalue weighted by Crippen LogP contribution is 2.17. The van der Waals surface area contributed by atoms with Crippen LogP contribution in [0.4, 0.5) is 0 Å². The number of rotatable bonds is 10. The summed E-state index contributed by atoms with van der Waals surface area (Å²) in [5, 5.41) is 0. The molecule has 0 aliphatic rings. The normalized spacial score (nSPS) is 12.0. The topological polar surface area (TPSA) is 32.5 Å². The van der Waals surface area contributed by atoms with Crippen molar-refractivity contribution in [3.05, 3.63) is 0 Å². The Balaban J connectivity index is 3.61. The van der Waals surface area contributed by atoms with E-state index in [2.05, 4.69) is 38.0 Å². The molecule has 0 aliphatic heterocycles. The average Bonchev–Trinajstić information content (AvgIpc) is 2.16. The molecule has 0 aromatic heterocycles. The summed E-state index contributed by atoms with van der Waals surface area (Å²) in [5.74, 6) is 0.838. The van der Waals surface area contributed by atoms with Gasteiger partial charge in [-0.25, -0.2) is 0 Å². The van der Waals surface area contributed by atoms with Crippen LogP contribution in [0.5, 0.6) is 0 Å². The summed E-state index contributed by atoms with van der Waals surface area (Å²) < 4.78 is 0. The van der Waals surface area contributed by atoms with Crippen molar-refractivity contribution in [2.45, 2.75) is 32.1 Å². The number of hydrogen-bond acceptors (Lipinski definition) is 3. The third kappa shape index (κ3) is 10.4. The SMILES string of the molecule is CN(C)CCCC(CCN)CCCN(C)C. The van der Waals surface area contributed by atoms with Gasteiger partial charge in [-0.05, 0) is 85.8 Å². The molecule has 0 heterocycles. The first-order chi connectivity index (χ1) is 7.56. The van der Waals surface area contributed by atoms with Crippen molar-refractivity contribution in [2.75, 3.05) is 47.8 Å². The summed E-state index contributed by atoms with van der Waals surface area (Å²) in [7, 11) is 8.57. The fourth-order valence-electron chi connectivity index (χ4n) is 2.06. The van der Waals surface area contributed by atoms with Gasteiger partial charge in [-0.1, -0.05) is 0 Å². The van der Waals surface area contributed by atoms with Crippen molar-refractivity contribution < 1.29 is 0 Å². The molecule has 3 heteroatoms. The first kappa shape index (κ1) is 15.9. The summed E-state index contributed by atoms with van der Waals surface area (Å²) in [6.07, 6.45) is 6.48. The fraction of sp³-hybridized carbons (Fsp3) is 1.00. The van der Waals surface area contributed by atoms with Crippen molar-refractivity contribution in [2.24, 2.45) is 11.7 Å². The van der Waals surface area contributed by atoms with Crippen LogP contribution in [-0.2, 0) is 0 Å². The van der Waals surface area contributed by atoms with E-state index < -0.39 is 0 Å². The summed E-state index contributed by atoms with van der Waals surface area (Å²) in [5.41, 5.74) is 5.67. The Morgan fingerprint density at radius 3 is 1.56 bits per heavy atom. The summed E-state index contributed by atoms with van der Waals surface area (Å²) in [6.45, 7) is 3.25. The molecular formula is C13H31N3. The second-order valence-corrected chi connectivity index (χ2v) is 5.33. The van der Waals surface area contributed by atoms with E-state index in [-0.39, 0.29) is 0 Å². The van der Waals surface area contributed by atoms with Gasteiger partial charge in [0.15, 0.2) is 0 Å². The molecule has 0 saturated carbocycles. The van der Waals surface area contributed by atoms with E-state index in [1.54, 1.807) is 0 Å². The van der Waals surface area contributed by atoms with E-state index >= 15 is 0 Å². The molecule has 0 atom stereocenters. The minimum Gasteiger partial charge on any atom is -0.330 e. The van der Waals surface area contributed by atoms with Crippen LogP contribution in [0.15, 0.2) is 0 Å². The molecule has 2 N–H and O–H groups in total. The maximum Gasteiger partial charge on any atom is -0.00247 e. The molecule has 0 bridgehead atoms. The monoisotopic (exact) mass is 229 g/mol. The van der Waals surface area contributed by atoms with Crippen molar-refractivity contribution in [1.82, 2.24) is 9.80 Å². The molecule has 16 heavy (non-hydrogen) atoms. The van der Waals surface area contributed by atoms with Crippen LogP contribution >= 0.6 is 0 Å². The average molecular weight is 229 g/mol. The van der Waals surface area contributed by atoms with Crippen LogP contribution in [0.3, 0.4) is 0 Å². The van der Waals surface area contributed by atoms with Gasteiger partial charge in [0.2, 0.25) is 0 Å². The molecule has 0 amide bonds. The molecular weight excluding hydrogens is 198 g/mol. The van der Waals surface area contributed by atoms with Gasteiger partial charge in [0, 0.05) is 0 Å². The van der Waals surface area contributed by atoms with Gasteiger partial charge in [0.1, 0.15) is 0 Å². The Morgan fingerprint density at radius 2 is 1.25 bits per heavy atom. The van der Waals surface area contributed by atoms with Gasteiger partial charge < -0.3 is 15.5 Å². The molecule has 0 saturated heterocycles. The van der Waals surface area contributed by atoms with Gasteiger partial charge >= 0.3 is 0 Å². The second kappa shape index (κ2) is 10.1. The number of nitrogens with zero attached hydrogens (tertiary/aromatic N) is 2. The Labute approximate surface area is 102 Å². The Morgan fingerprint density at radius 1 is 0.812 bits per heavy atom. The molecule has 0 aromatic carbocycles. The van der Waals surface area contributed by atoms with Gasteiger partial charge in [0.25, 0.3) is 0 Å². The predicted molar refractivity (Wildman–Crippen MR) is 72.7 cm³/mol. The Bertz CT molecular complexity index is 132.